The van der Waals surface area contributed by atoms with Crippen LogP contribution in [0.1, 0.15) is 54.2 Å². The Bertz CT molecular complexity index is 935. The van der Waals surface area contributed by atoms with Gasteiger partial charge in [0.2, 0.25) is 10.0 Å². The summed E-state index contributed by atoms with van der Waals surface area (Å²) in [5, 5.41) is 6.29. The molecule has 0 unspecified atom stereocenters. The van der Waals surface area contributed by atoms with Crippen LogP contribution in [0.15, 0.2) is 53.4 Å². The molecule has 0 aromatic heterocycles. The van der Waals surface area contributed by atoms with Crippen molar-refractivity contribution in [3.8, 4) is 0 Å². The zero-order valence-electron chi connectivity index (χ0n) is 14.9. The number of fused-ring (bicyclic) bond motifs is 1. The Morgan fingerprint density at radius 1 is 0.963 bits per heavy atom. The lowest BCUT2D eigenvalue weighted by molar-refractivity contribution is 0.0927. The molecule has 1 saturated carbocycles. The van der Waals surface area contributed by atoms with Crippen LogP contribution in [0, 0.1) is 0 Å². The lowest BCUT2D eigenvalue weighted by Crippen LogP contribution is -2.38. The fourth-order valence-corrected chi connectivity index (χ4v) is 5.02. The molecule has 1 aliphatic carbocycles. The molecule has 3 N–H and O–H groups in total. The minimum Gasteiger partial charge on any atom is -0.364 e. The van der Waals surface area contributed by atoms with E-state index < -0.39 is 16.2 Å². The zero-order valence-corrected chi connectivity index (χ0v) is 15.8. The number of anilines is 1. The molecule has 4 rings (SSSR count). The second kappa shape index (κ2) is 7.32. The molecule has 6 nitrogen and oxygen atoms in total. The minimum atomic E-state index is -3.58. The van der Waals surface area contributed by atoms with Crippen LogP contribution in [-0.2, 0) is 10.0 Å². The molecule has 1 fully saturated rings. The number of rotatable bonds is 3. The number of hydrogen-bond donors (Lipinski definition) is 3. The molecule has 142 valence electrons. The van der Waals surface area contributed by atoms with E-state index >= 15 is 0 Å². The van der Waals surface area contributed by atoms with Gasteiger partial charge in [0.1, 0.15) is 11.1 Å². The molecule has 1 aliphatic heterocycles. The van der Waals surface area contributed by atoms with Crippen LogP contribution in [-0.4, -0.2) is 20.4 Å². The van der Waals surface area contributed by atoms with Crippen molar-refractivity contribution in [3.63, 3.8) is 0 Å². The lowest BCUT2D eigenvalue weighted by Gasteiger charge is -2.28. The largest absolute Gasteiger partial charge is 0.364 e. The first-order valence-corrected chi connectivity index (χ1v) is 10.8. The third-order valence-electron chi connectivity index (χ3n) is 5.20. The molecule has 2 aliphatic rings. The van der Waals surface area contributed by atoms with Gasteiger partial charge in [0, 0.05) is 11.6 Å². The quantitative estimate of drug-likeness (QED) is 0.757. The van der Waals surface area contributed by atoms with Gasteiger partial charge < -0.3 is 10.6 Å². The summed E-state index contributed by atoms with van der Waals surface area (Å²) in [6.45, 7) is 0. The van der Waals surface area contributed by atoms with Crippen molar-refractivity contribution in [1.29, 1.82) is 0 Å². The maximum atomic E-state index is 12.4. The van der Waals surface area contributed by atoms with Gasteiger partial charge in [-0.2, -0.15) is 4.72 Å². The van der Waals surface area contributed by atoms with Crippen molar-refractivity contribution in [3.05, 3.63) is 59.7 Å². The summed E-state index contributed by atoms with van der Waals surface area (Å²) in [6.07, 6.45) is 5.08. The normalized spacial score (nSPS) is 21.7. The third-order valence-corrected chi connectivity index (χ3v) is 6.68. The number of hydrogen-bond acceptors (Lipinski definition) is 4. The van der Waals surface area contributed by atoms with Crippen molar-refractivity contribution in [1.82, 2.24) is 10.0 Å². The van der Waals surface area contributed by atoms with Gasteiger partial charge in [0.05, 0.1) is 5.69 Å². The van der Waals surface area contributed by atoms with E-state index in [0.717, 1.165) is 18.4 Å². The van der Waals surface area contributed by atoms with E-state index in [1.54, 1.807) is 48.5 Å². The summed E-state index contributed by atoms with van der Waals surface area (Å²) >= 11 is 0. The fourth-order valence-electron chi connectivity index (χ4n) is 3.72. The van der Waals surface area contributed by atoms with Crippen LogP contribution in [0.4, 0.5) is 5.69 Å². The Morgan fingerprint density at radius 3 is 2.41 bits per heavy atom. The molecular weight excluding hydrogens is 362 g/mol. The molecule has 7 heteroatoms. The number of carbonyl (C=O) groups excluding carboxylic acids is 1. The highest BCUT2D eigenvalue weighted by Gasteiger charge is 2.29. The molecule has 0 spiro atoms. The topological polar surface area (TPSA) is 87.3 Å². The van der Waals surface area contributed by atoms with Gasteiger partial charge in [-0.25, -0.2) is 8.42 Å². The van der Waals surface area contributed by atoms with Crippen molar-refractivity contribution in [2.45, 2.75) is 49.2 Å². The minimum absolute atomic E-state index is 0.0732. The van der Waals surface area contributed by atoms with Crippen molar-refractivity contribution >= 4 is 21.6 Å². The maximum absolute atomic E-state index is 12.4. The third kappa shape index (κ3) is 3.84. The van der Waals surface area contributed by atoms with E-state index in [1.165, 1.54) is 19.3 Å². The van der Waals surface area contributed by atoms with Crippen LogP contribution in [0.3, 0.4) is 0 Å². The highest BCUT2D eigenvalue weighted by Crippen LogP contribution is 2.30. The van der Waals surface area contributed by atoms with E-state index in [0.29, 0.717) is 11.3 Å². The van der Waals surface area contributed by atoms with Gasteiger partial charge in [-0.3, -0.25) is 4.79 Å². The van der Waals surface area contributed by atoms with E-state index in [-0.39, 0.29) is 16.8 Å². The van der Waals surface area contributed by atoms with Crippen molar-refractivity contribution in [2.75, 3.05) is 5.32 Å². The second-order valence-electron chi connectivity index (χ2n) is 7.13. The highest BCUT2D eigenvalue weighted by atomic mass is 32.2. The first-order valence-electron chi connectivity index (χ1n) is 9.32. The molecule has 1 amide bonds. The SMILES string of the molecule is O=C(NC1CCCCC1)c1ccc([C@@H]2Nc3ccccc3S(=O)(=O)N2)cc1. The summed E-state index contributed by atoms with van der Waals surface area (Å²) in [4.78, 5) is 12.7. The molecule has 27 heavy (non-hydrogen) atoms. The maximum Gasteiger partial charge on any atom is 0.251 e. The van der Waals surface area contributed by atoms with Gasteiger partial charge in [-0.15, -0.1) is 0 Å². The smallest absolute Gasteiger partial charge is 0.251 e. The van der Waals surface area contributed by atoms with E-state index in [1.807, 2.05) is 0 Å². The highest BCUT2D eigenvalue weighted by molar-refractivity contribution is 7.89. The summed E-state index contributed by atoms with van der Waals surface area (Å²) in [5.41, 5.74) is 1.91. The van der Waals surface area contributed by atoms with Crippen LogP contribution in [0.2, 0.25) is 0 Å². The Kier molecular flexibility index (Phi) is 4.88. The molecule has 2 aromatic rings. The van der Waals surface area contributed by atoms with E-state index in [2.05, 4.69) is 15.4 Å². The standard InChI is InChI=1S/C20H23N3O3S/c24-20(21-16-6-2-1-3-7-16)15-12-10-14(11-13-15)19-22-17-8-4-5-9-18(17)27(25,26)23-19/h4-5,8-13,16,19,22-23H,1-3,6-7H2,(H,21,24)/t19-/m1/s1. The number of amides is 1. The predicted molar refractivity (Wildman–Crippen MR) is 104 cm³/mol. The number of benzene rings is 2. The Hall–Kier alpha value is -2.38. The Labute approximate surface area is 159 Å². The molecule has 0 bridgehead atoms. The lowest BCUT2D eigenvalue weighted by atomic mass is 9.95. The van der Waals surface area contributed by atoms with Crippen LogP contribution < -0.4 is 15.4 Å². The molecule has 0 saturated heterocycles. The molecule has 0 radical (unpaired) electrons. The van der Waals surface area contributed by atoms with Crippen LogP contribution in [0.25, 0.3) is 0 Å². The second-order valence-corrected chi connectivity index (χ2v) is 8.81. The van der Waals surface area contributed by atoms with Crippen LogP contribution >= 0.6 is 0 Å². The van der Waals surface area contributed by atoms with Crippen LogP contribution in [0.5, 0.6) is 0 Å². The average Bonchev–Trinajstić information content (AvgIpc) is 2.68. The monoisotopic (exact) mass is 385 g/mol. The first-order chi connectivity index (χ1) is 13.0. The van der Waals surface area contributed by atoms with Crippen molar-refractivity contribution < 1.29 is 13.2 Å². The first kappa shape index (κ1) is 18.0. The molecular formula is C20H23N3O3S. The average molecular weight is 385 g/mol. The Morgan fingerprint density at radius 2 is 1.67 bits per heavy atom. The number of carbonyl (C=O) groups is 1. The number of sulfonamides is 1. The fraction of sp³-hybridized carbons (Fsp3) is 0.350. The van der Waals surface area contributed by atoms with Gasteiger partial charge in [0.15, 0.2) is 0 Å². The molecule has 1 atom stereocenters. The molecule has 2 aromatic carbocycles. The number of para-hydroxylation sites is 1. The van der Waals surface area contributed by atoms with Crippen molar-refractivity contribution in [2.24, 2.45) is 0 Å². The van der Waals surface area contributed by atoms with Gasteiger partial charge in [0.25, 0.3) is 5.91 Å². The summed E-state index contributed by atoms with van der Waals surface area (Å²) in [7, 11) is -3.58. The van der Waals surface area contributed by atoms with E-state index in [9.17, 15) is 13.2 Å². The van der Waals surface area contributed by atoms with Gasteiger partial charge >= 0.3 is 0 Å². The summed E-state index contributed by atoms with van der Waals surface area (Å²) in [5.74, 6) is -0.0732. The van der Waals surface area contributed by atoms with Gasteiger partial charge in [-0.1, -0.05) is 43.5 Å². The predicted octanol–water partition coefficient (Wildman–Crippen LogP) is 3.15. The summed E-state index contributed by atoms with van der Waals surface area (Å²) in [6, 6.07) is 14.1. The van der Waals surface area contributed by atoms with Gasteiger partial charge in [-0.05, 0) is 42.7 Å². The Balaban J connectivity index is 1.49. The molecule has 1 heterocycles. The zero-order chi connectivity index (χ0) is 18.9. The number of nitrogens with one attached hydrogen (secondary N) is 3. The van der Waals surface area contributed by atoms with E-state index in [4.69, 9.17) is 0 Å². The summed E-state index contributed by atoms with van der Waals surface area (Å²) < 4.78 is 27.5.